The minimum absolute atomic E-state index is 0.378. The van der Waals surface area contributed by atoms with Crippen molar-refractivity contribution in [2.45, 2.75) is 20.4 Å². The highest BCUT2D eigenvalue weighted by atomic mass is 16.5. The average molecular weight is 234 g/mol. The third kappa shape index (κ3) is 2.39. The number of hydrogen-bond donors (Lipinski definition) is 1. The molecule has 0 spiro atoms. The average Bonchev–Trinajstić information content (AvgIpc) is 2.55. The zero-order chi connectivity index (χ0) is 12.4. The van der Waals surface area contributed by atoms with Crippen molar-refractivity contribution in [1.82, 2.24) is 14.5 Å². The molecule has 0 bridgehead atoms. The molecule has 1 atom stereocenters. The summed E-state index contributed by atoms with van der Waals surface area (Å²) in [6, 6.07) is 2.00. The molecule has 2 aromatic heterocycles. The van der Waals surface area contributed by atoms with Crippen molar-refractivity contribution in [2.24, 2.45) is 5.92 Å². The zero-order valence-corrected chi connectivity index (χ0v) is 10.5. The Morgan fingerprint density at radius 3 is 3.00 bits per heavy atom. The van der Waals surface area contributed by atoms with E-state index >= 15 is 0 Å². The standard InChI is InChI=1S/C12H18N4O/c1-8-4-10-11(14-5-8)16(12(13)15-10)6-9(2)7-17-3/h4-5,9H,6-7H2,1-3H3,(H2,13,15). The first kappa shape index (κ1) is 11.9. The van der Waals surface area contributed by atoms with Gasteiger partial charge in [-0.2, -0.15) is 0 Å². The first-order valence-electron chi connectivity index (χ1n) is 5.69. The molecule has 2 aromatic rings. The summed E-state index contributed by atoms with van der Waals surface area (Å²) in [5, 5.41) is 0. The predicted molar refractivity (Wildman–Crippen MR) is 67.7 cm³/mol. The summed E-state index contributed by atoms with van der Waals surface area (Å²) < 4.78 is 7.07. The van der Waals surface area contributed by atoms with Crippen LogP contribution in [0.4, 0.5) is 5.95 Å². The van der Waals surface area contributed by atoms with E-state index in [4.69, 9.17) is 10.5 Å². The maximum atomic E-state index is 5.92. The molecule has 1 unspecified atom stereocenters. The second kappa shape index (κ2) is 4.71. The summed E-state index contributed by atoms with van der Waals surface area (Å²) in [7, 11) is 1.70. The van der Waals surface area contributed by atoms with Gasteiger partial charge in [-0.25, -0.2) is 9.97 Å². The van der Waals surface area contributed by atoms with E-state index in [2.05, 4.69) is 16.9 Å². The van der Waals surface area contributed by atoms with Crippen LogP contribution in [0.5, 0.6) is 0 Å². The van der Waals surface area contributed by atoms with Crippen LogP contribution in [0.25, 0.3) is 11.2 Å². The number of aryl methyl sites for hydroxylation is 1. The van der Waals surface area contributed by atoms with Gasteiger partial charge >= 0.3 is 0 Å². The molecule has 0 aromatic carbocycles. The van der Waals surface area contributed by atoms with Crippen LogP contribution in [0.15, 0.2) is 12.3 Å². The molecule has 0 amide bonds. The monoisotopic (exact) mass is 234 g/mol. The minimum atomic E-state index is 0.378. The highest BCUT2D eigenvalue weighted by molar-refractivity contribution is 5.74. The lowest BCUT2D eigenvalue weighted by molar-refractivity contribution is 0.152. The van der Waals surface area contributed by atoms with Crippen LogP contribution in [0, 0.1) is 12.8 Å². The van der Waals surface area contributed by atoms with Gasteiger partial charge in [0.1, 0.15) is 5.52 Å². The molecule has 0 radical (unpaired) electrons. The Morgan fingerprint density at radius 2 is 2.29 bits per heavy atom. The van der Waals surface area contributed by atoms with Gasteiger partial charge in [0, 0.05) is 19.9 Å². The summed E-state index contributed by atoms with van der Waals surface area (Å²) in [6.07, 6.45) is 1.83. The molecule has 0 saturated heterocycles. The number of imidazole rings is 1. The number of nitrogens with two attached hydrogens (primary N) is 1. The number of anilines is 1. The van der Waals surface area contributed by atoms with Crippen molar-refractivity contribution in [1.29, 1.82) is 0 Å². The smallest absolute Gasteiger partial charge is 0.202 e. The number of aromatic nitrogens is 3. The predicted octanol–water partition coefficient (Wildman–Crippen LogP) is 1.60. The van der Waals surface area contributed by atoms with Crippen LogP contribution in [0.1, 0.15) is 12.5 Å². The van der Waals surface area contributed by atoms with E-state index in [0.29, 0.717) is 18.5 Å². The SMILES string of the molecule is COCC(C)Cn1c(N)nc2cc(C)cnc21. The number of rotatable bonds is 4. The highest BCUT2D eigenvalue weighted by Crippen LogP contribution is 2.18. The van der Waals surface area contributed by atoms with Crippen molar-refractivity contribution in [3.8, 4) is 0 Å². The molecule has 0 aliphatic rings. The number of ether oxygens (including phenoxy) is 1. The second-order valence-electron chi connectivity index (χ2n) is 4.50. The van der Waals surface area contributed by atoms with Crippen molar-refractivity contribution < 1.29 is 4.74 Å². The largest absolute Gasteiger partial charge is 0.384 e. The Labute approximate surface area is 101 Å². The molecule has 0 aliphatic carbocycles. The molecular weight excluding hydrogens is 216 g/mol. The van der Waals surface area contributed by atoms with Crippen LogP contribution in [-0.4, -0.2) is 28.3 Å². The van der Waals surface area contributed by atoms with Crippen molar-refractivity contribution >= 4 is 17.1 Å². The Hall–Kier alpha value is -1.62. The normalized spacial score (nSPS) is 13.1. The maximum Gasteiger partial charge on any atom is 0.202 e. The molecule has 2 rings (SSSR count). The zero-order valence-electron chi connectivity index (χ0n) is 10.5. The number of methoxy groups -OCH3 is 1. The van der Waals surface area contributed by atoms with E-state index in [1.807, 2.05) is 23.8 Å². The highest BCUT2D eigenvalue weighted by Gasteiger charge is 2.12. The Balaban J connectivity index is 2.36. The lowest BCUT2D eigenvalue weighted by Crippen LogP contribution is -2.14. The van der Waals surface area contributed by atoms with Crippen molar-refractivity contribution in [2.75, 3.05) is 19.5 Å². The van der Waals surface area contributed by atoms with Gasteiger partial charge in [-0.15, -0.1) is 0 Å². The van der Waals surface area contributed by atoms with Crippen molar-refractivity contribution in [3.05, 3.63) is 17.8 Å². The third-order valence-electron chi connectivity index (χ3n) is 2.70. The maximum absolute atomic E-state index is 5.92. The van der Waals surface area contributed by atoms with E-state index in [1.54, 1.807) is 7.11 Å². The van der Waals surface area contributed by atoms with Gasteiger partial charge in [0.25, 0.3) is 0 Å². The quantitative estimate of drug-likeness (QED) is 0.872. The molecule has 0 fully saturated rings. The van der Waals surface area contributed by atoms with Gasteiger partial charge in [0.2, 0.25) is 5.95 Å². The van der Waals surface area contributed by atoms with Crippen LogP contribution < -0.4 is 5.73 Å². The van der Waals surface area contributed by atoms with E-state index in [0.717, 1.165) is 23.3 Å². The van der Waals surface area contributed by atoms with Gasteiger partial charge in [0.15, 0.2) is 5.65 Å². The van der Waals surface area contributed by atoms with E-state index < -0.39 is 0 Å². The van der Waals surface area contributed by atoms with Gasteiger partial charge in [-0.05, 0) is 24.5 Å². The van der Waals surface area contributed by atoms with Crippen molar-refractivity contribution in [3.63, 3.8) is 0 Å². The minimum Gasteiger partial charge on any atom is -0.384 e. The fourth-order valence-corrected chi connectivity index (χ4v) is 1.96. The molecule has 0 aliphatic heterocycles. The third-order valence-corrected chi connectivity index (χ3v) is 2.70. The van der Waals surface area contributed by atoms with E-state index in [-0.39, 0.29) is 0 Å². The first-order valence-corrected chi connectivity index (χ1v) is 5.69. The van der Waals surface area contributed by atoms with Gasteiger partial charge in [-0.1, -0.05) is 6.92 Å². The first-order chi connectivity index (χ1) is 8.11. The fraction of sp³-hybridized carbons (Fsp3) is 0.500. The Morgan fingerprint density at radius 1 is 1.53 bits per heavy atom. The summed E-state index contributed by atoms with van der Waals surface area (Å²) in [6.45, 7) is 5.58. The number of nitrogen functional groups attached to an aromatic ring is 1. The van der Waals surface area contributed by atoms with E-state index in [9.17, 15) is 0 Å². The molecule has 92 valence electrons. The summed E-state index contributed by atoms with van der Waals surface area (Å²) in [4.78, 5) is 8.72. The topological polar surface area (TPSA) is 66.0 Å². The number of pyridine rings is 1. The van der Waals surface area contributed by atoms with Crippen LogP contribution >= 0.6 is 0 Å². The summed E-state index contributed by atoms with van der Waals surface area (Å²) >= 11 is 0. The van der Waals surface area contributed by atoms with Gasteiger partial charge in [0.05, 0.1) is 6.61 Å². The molecular formula is C12H18N4O. The fourth-order valence-electron chi connectivity index (χ4n) is 1.96. The number of fused-ring (bicyclic) bond motifs is 1. The number of nitrogens with zero attached hydrogens (tertiary/aromatic N) is 3. The van der Waals surface area contributed by atoms with Crippen LogP contribution in [0.3, 0.4) is 0 Å². The number of hydrogen-bond acceptors (Lipinski definition) is 4. The van der Waals surface area contributed by atoms with E-state index in [1.165, 1.54) is 0 Å². The molecule has 2 N–H and O–H groups in total. The second-order valence-corrected chi connectivity index (χ2v) is 4.50. The Bertz CT molecular complexity index is 520. The van der Waals surface area contributed by atoms with Crippen LogP contribution in [-0.2, 0) is 11.3 Å². The lowest BCUT2D eigenvalue weighted by atomic mass is 10.2. The van der Waals surface area contributed by atoms with Gasteiger partial charge < -0.3 is 10.5 Å². The summed E-state index contributed by atoms with van der Waals surface area (Å²) in [5.74, 6) is 0.892. The molecule has 2 heterocycles. The molecule has 0 saturated carbocycles. The molecule has 17 heavy (non-hydrogen) atoms. The molecule has 5 nitrogen and oxygen atoms in total. The summed E-state index contributed by atoms with van der Waals surface area (Å²) in [5.41, 5.74) is 8.71. The Kier molecular flexibility index (Phi) is 3.28. The molecule has 5 heteroatoms. The lowest BCUT2D eigenvalue weighted by Gasteiger charge is -2.12. The van der Waals surface area contributed by atoms with Gasteiger partial charge in [-0.3, -0.25) is 4.57 Å². The van der Waals surface area contributed by atoms with Crippen LogP contribution in [0.2, 0.25) is 0 Å².